The fraction of sp³-hybridized carbons (Fsp3) is 0.667. The maximum atomic E-state index is 5.28. The molecule has 1 atom stereocenters. The van der Waals surface area contributed by atoms with Crippen LogP contribution in [0.1, 0.15) is 13.3 Å². The van der Waals surface area contributed by atoms with Gasteiger partial charge in [0.15, 0.2) is 0 Å². The Kier molecular flexibility index (Phi) is 1.95. The molecule has 1 rings (SSSR count). The molecule has 0 saturated heterocycles. The van der Waals surface area contributed by atoms with Crippen LogP contribution in [0.2, 0.25) is 0 Å². The molecule has 3 heteroatoms. The van der Waals surface area contributed by atoms with E-state index in [0.29, 0.717) is 6.54 Å². The molecule has 0 amide bonds. The zero-order chi connectivity index (χ0) is 6.69. The summed E-state index contributed by atoms with van der Waals surface area (Å²) in [6, 6.07) is 0. The Labute approximate surface area is 54.4 Å². The summed E-state index contributed by atoms with van der Waals surface area (Å²) in [5.74, 6) is 0.738. The van der Waals surface area contributed by atoms with Gasteiger partial charge in [-0.3, -0.25) is 0 Å². The van der Waals surface area contributed by atoms with Gasteiger partial charge in [-0.2, -0.15) is 0 Å². The Balaban J connectivity index is 2.31. The van der Waals surface area contributed by atoms with Gasteiger partial charge in [-0.05, 0) is 0 Å². The third-order valence-electron chi connectivity index (χ3n) is 1.17. The molecule has 2 N–H and O–H groups in total. The summed E-state index contributed by atoms with van der Waals surface area (Å²) >= 11 is 0. The van der Waals surface area contributed by atoms with Crippen LogP contribution in [0.4, 0.5) is 0 Å². The molecule has 3 nitrogen and oxygen atoms in total. The third-order valence-corrected chi connectivity index (χ3v) is 1.17. The van der Waals surface area contributed by atoms with Crippen molar-refractivity contribution in [1.82, 2.24) is 0 Å². The van der Waals surface area contributed by atoms with Crippen molar-refractivity contribution < 1.29 is 9.47 Å². The molecule has 0 aliphatic carbocycles. The zero-order valence-corrected chi connectivity index (χ0v) is 5.46. The Morgan fingerprint density at radius 3 is 2.89 bits per heavy atom. The molecule has 0 spiro atoms. The second-order valence-electron chi connectivity index (χ2n) is 1.88. The molecule has 0 aromatic heterocycles. The minimum absolute atomic E-state index is 0.0939. The quantitative estimate of drug-likeness (QED) is 0.592. The summed E-state index contributed by atoms with van der Waals surface area (Å²) in [6.45, 7) is 2.43. The Hall–Kier alpha value is -0.700. The molecule has 0 saturated carbocycles. The van der Waals surface area contributed by atoms with E-state index in [4.69, 9.17) is 15.2 Å². The van der Waals surface area contributed by atoms with Crippen molar-refractivity contribution in [3.05, 3.63) is 12.0 Å². The highest BCUT2D eigenvalue weighted by Gasteiger charge is 2.14. The van der Waals surface area contributed by atoms with Crippen molar-refractivity contribution in [1.29, 1.82) is 0 Å². The molecule has 1 unspecified atom stereocenters. The molecule has 0 radical (unpaired) electrons. The number of hydrogen-bond donors (Lipinski definition) is 1. The Morgan fingerprint density at radius 2 is 2.56 bits per heavy atom. The van der Waals surface area contributed by atoms with Gasteiger partial charge in [0, 0.05) is 6.42 Å². The van der Waals surface area contributed by atoms with Crippen LogP contribution in [0.25, 0.3) is 0 Å². The highest BCUT2D eigenvalue weighted by atomic mass is 16.7. The molecule has 52 valence electrons. The number of hydrogen-bond acceptors (Lipinski definition) is 3. The van der Waals surface area contributed by atoms with Crippen LogP contribution in [0.5, 0.6) is 0 Å². The fourth-order valence-corrected chi connectivity index (χ4v) is 0.652. The van der Waals surface area contributed by atoms with E-state index in [1.807, 2.05) is 6.92 Å². The van der Waals surface area contributed by atoms with Crippen LogP contribution in [-0.2, 0) is 9.47 Å². The van der Waals surface area contributed by atoms with Gasteiger partial charge in [-0.1, -0.05) is 6.92 Å². The molecule has 9 heavy (non-hydrogen) atoms. The van der Waals surface area contributed by atoms with Crippen LogP contribution in [0, 0.1) is 0 Å². The van der Waals surface area contributed by atoms with Crippen LogP contribution < -0.4 is 5.73 Å². The van der Waals surface area contributed by atoms with Crippen molar-refractivity contribution >= 4 is 0 Å². The first kappa shape index (κ1) is 6.42. The van der Waals surface area contributed by atoms with Crippen LogP contribution in [0.15, 0.2) is 12.0 Å². The van der Waals surface area contributed by atoms with E-state index in [1.165, 1.54) is 0 Å². The lowest BCUT2D eigenvalue weighted by Crippen LogP contribution is -2.09. The van der Waals surface area contributed by atoms with Crippen LogP contribution in [0.3, 0.4) is 0 Å². The Morgan fingerprint density at radius 1 is 1.78 bits per heavy atom. The molecule has 0 aromatic rings. The summed E-state index contributed by atoms with van der Waals surface area (Å²) < 4.78 is 10.2. The van der Waals surface area contributed by atoms with E-state index in [2.05, 4.69) is 0 Å². The van der Waals surface area contributed by atoms with Gasteiger partial charge < -0.3 is 15.2 Å². The molecule has 1 aliphatic rings. The maximum absolute atomic E-state index is 5.28. The van der Waals surface area contributed by atoms with E-state index in [9.17, 15) is 0 Å². The van der Waals surface area contributed by atoms with E-state index in [-0.39, 0.29) is 6.29 Å². The second-order valence-corrected chi connectivity index (χ2v) is 1.88. The summed E-state index contributed by atoms with van der Waals surface area (Å²) in [5.41, 5.74) is 5.28. The normalized spacial score (nSPS) is 24.7. The van der Waals surface area contributed by atoms with Crippen LogP contribution >= 0.6 is 0 Å². The number of rotatable bonds is 2. The molecule has 0 bridgehead atoms. The topological polar surface area (TPSA) is 44.5 Å². The first-order chi connectivity index (χ1) is 4.36. The summed E-state index contributed by atoms with van der Waals surface area (Å²) in [5, 5.41) is 0. The lowest BCUT2D eigenvalue weighted by molar-refractivity contribution is -0.0332. The van der Waals surface area contributed by atoms with Gasteiger partial charge in [0.25, 0.3) is 0 Å². The average molecular weight is 129 g/mol. The van der Waals surface area contributed by atoms with Gasteiger partial charge in [0.1, 0.15) is 12.0 Å². The molecule has 1 heterocycles. The molecule has 0 fully saturated rings. The lowest BCUT2D eigenvalue weighted by atomic mass is 10.5. The first-order valence-electron chi connectivity index (χ1n) is 3.08. The minimum atomic E-state index is -0.0939. The molecule has 1 aliphatic heterocycles. The standard InChI is InChI=1S/C6H11NO2/c1-2-6-8-4-5(3-7)9-6/h4,6H,2-3,7H2,1H3. The smallest absolute Gasteiger partial charge is 0.239 e. The van der Waals surface area contributed by atoms with Gasteiger partial charge in [-0.25, -0.2) is 0 Å². The van der Waals surface area contributed by atoms with Crippen molar-refractivity contribution in [2.45, 2.75) is 19.6 Å². The molecular formula is C6H11NO2. The Bertz CT molecular complexity index is 122. The van der Waals surface area contributed by atoms with Crippen molar-refractivity contribution in [3.63, 3.8) is 0 Å². The number of nitrogens with two attached hydrogens (primary N) is 1. The van der Waals surface area contributed by atoms with Crippen molar-refractivity contribution in [3.8, 4) is 0 Å². The fourth-order valence-electron chi connectivity index (χ4n) is 0.652. The lowest BCUT2D eigenvalue weighted by Gasteiger charge is -2.06. The van der Waals surface area contributed by atoms with Crippen LogP contribution in [-0.4, -0.2) is 12.8 Å². The van der Waals surface area contributed by atoms with E-state index in [0.717, 1.165) is 12.2 Å². The SMILES string of the molecule is CCC1OC=C(CN)O1. The molecular weight excluding hydrogens is 118 g/mol. The largest absolute Gasteiger partial charge is 0.459 e. The summed E-state index contributed by atoms with van der Waals surface area (Å²) in [4.78, 5) is 0. The van der Waals surface area contributed by atoms with E-state index >= 15 is 0 Å². The zero-order valence-electron chi connectivity index (χ0n) is 5.46. The summed E-state index contributed by atoms with van der Waals surface area (Å²) in [6.07, 6.45) is 2.34. The highest BCUT2D eigenvalue weighted by molar-refractivity contribution is 4.93. The van der Waals surface area contributed by atoms with E-state index < -0.39 is 0 Å². The minimum Gasteiger partial charge on any atom is -0.459 e. The first-order valence-corrected chi connectivity index (χ1v) is 3.08. The van der Waals surface area contributed by atoms with E-state index in [1.54, 1.807) is 6.26 Å². The second kappa shape index (κ2) is 2.73. The predicted molar refractivity (Wildman–Crippen MR) is 33.4 cm³/mol. The molecule has 0 aromatic carbocycles. The predicted octanol–water partition coefficient (Wildman–Crippen LogP) is 0.569. The van der Waals surface area contributed by atoms with Gasteiger partial charge in [0.2, 0.25) is 6.29 Å². The van der Waals surface area contributed by atoms with Crippen molar-refractivity contribution in [2.24, 2.45) is 5.73 Å². The highest BCUT2D eigenvalue weighted by Crippen LogP contribution is 2.14. The average Bonchev–Trinajstić information content (AvgIpc) is 2.34. The summed E-state index contributed by atoms with van der Waals surface area (Å²) in [7, 11) is 0. The van der Waals surface area contributed by atoms with Gasteiger partial charge in [0.05, 0.1) is 6.54 Å². The number of ether oxygens (including phenoxy) is 2. The van der Waals surface area contributed by atoms with Gasteiger partial charge >= 0.3 is 0 Å². The van der Waals surface area contributed by atoms with Crippen molar-refractivity contribution in [2.75, 3.05) is 6.54 Å². The monoisotopic (exact) mass is 129 g/mol. The third kappa shape index (κ3) is 1.36. The maximum Gasteiger partial charge on any atom is 0.239 e. The van der Waals surface area contributed by atoms with Gasteiger partial charge in [-0.15, -0.1) is 0 Å².